The second kappa shape index (κ2) is 11.8. The van der Waals surface area contributed by atoms with Crippen LogP contribution in [0.5, 0.6) is 0 Å². The average molecular weight is 525 g/mol. The number of imidazole rings is 1. The number of hydrogen-bond donors (Lipinski definition) is 2. The molecule has 1 fully saturated rings. The molecule has 3 heterocycles. The number of pyridine rings is 1. The molecule has 0 aliphatic carbocycles. The summed E-state index contributed by atoms with van der Waals surface area (Å²) in [7, 11) is 1.77. The van der Waals surface area contributed by atoms with Crippen LogP contribution in [0.15, 0.2) is 18.2 Å². The van der Waals surface area contributed by atoms with Crippen LogP contribution in [-0.4, -0.2) is 79.0 Å². The van der Waals surface area contributed by atoms with Gasteiger partial charge in [-0.3, -0.25) is 4.90 Å². The number of fused-ring (bicyclic) bond motifs is 3. The molecule has 0 bridgehead atoms. The fraction of sp³-hybridized carbons (Fsp3) is 0.667. The SMILES string of the molecule is CCCCc1nc2c([nH]1)c(N)nc1ccc(N3CCN(CC(C)(C)COCC(C)(C)C(C)OC)CC3)cc12. The van der Waals surface area contributed by atoms with E-state index in [-0.39, 0.29) is 16.9 Å². The highest BCUT2D eigenvalue weighted by molar-refractivity contribution is 6.07. The Kier molecular flexibility index (Phi) is 8.85. The van der Waals surface area contributed by atoms with E-state index < -0.39 is 0 Å². The number of unbranched alkanes of at least 4 members (excludes halogenated alkanes) is 1. The normalized spacial score (nSPS) is 16.6. The van der Waals surface area contributed by atoms with Gasteiger partial charge in [0.2, 0.25) is 0 Å². The van der Waals surface area contributed by atoms with Crippen LogP contribution in [0.25, 0.3) is 21.9 Å². The molecule has 1 aliphatic rings. The van der Waals surface area contributed by atoms with Crippen LogP contribution in [0.4, 0.5) is 11.5 Å². The summed E-state index contributed by atoms with van der Waals surface area (Å²) in [5.41, 5.74) is 10.3. The number of aromatic amines is 1. The minimum absolute atomic E-state index is 0.00385. The number of rotatable bonds is 12. The predicted molar refractivity (Wildman–Crippen MR) is 158 cm³/mol. The lowest BCUT2D eigenvalue weighted by Gasteiger charge is -2.40. The molecular formula is C30H48N6O2. The van der Waals surface area contributed by atoms with E-state index in [4.69, 9.17) is 20.2 Å². The molecule has 0 spiro atoms. The van der Waals surface area contributed by atoms with E-state index in [2.05, 4.69) is 79.5 Å². The molecule has 1 aliphatic heterocycles. The van der Waals surface area contributed by atoms with Crippen molar-refractivity contribution in [3.63, 3.8) is 0 Å². The van der Waals surface area contributed by atoms with E-state index in [1.54, 1.807) is 7.11 Å². The number of aryl methyl sites for hydroxylation is 1. The fourth-order valence-electron chi connectivity index (χ4n) is 5.30. The summed E-state index contributed by atoms with van der Waals surface area (Å²) in [5.74, 6) is 1.51. The van der Waals surface area contributed by atoms with Gasteiger partial charge in [0, 0.05) is 68.2 Å². The molecule has 3 aromatic rings. The van der Waals surface area contributed by atoms with Gasteiger partial charge in [0.15, 0.2) is 0 Å². The van der Waals surface area contributed by atoms with Crippen LogP contribution in [0.1, 0.15) is 60.2 Å². The third-order valence-electron chi connectivity index (χ3n) is 8.06. The molecule has 4 rings (SSSR count). The molecule has 1 aromatic carbocycles. The van der Waals surface area contributed by atoms with Crippen molar-refractivity contribution in [1.29, 1.82) is 0 Å². The van der Waals surface area contributed by atoms with Crippen LogP contribution in [0.3, 0.4) is 0 Å². The number of benzene rings is 1. The molecule has 3 N–H and O–H groups in total. The molecule has 2 aromatic heterocycles. The summed E-state index contributed by atoms with van der Waals surface area (Å²) >= 11 is 0. The van der Waals surface area contributed by atoms with E-state index in [0.29, 0.717) is 12.4 Å². The first-order valence-electron chi connectivity index (χ1n) is 14.2. The van der Waals surface area contributed by atoms with Gasteiger partial charge in [-0.1, -0.05) is 41.0 Å². The molecule has 0 saturated carbocycles. The van der Waals surface area contributed by atoms with E-state index in [1.807, 2.05) is 0 Å². The van der Waals surface area contributed by atoms with Gasteiger partial charge in [0.05, 0.1) is 24.8 Å². The van der Waals surface area contributed by atoms with Crippen LogP contribution >= 0.6 is 0 Å². The third kappa shape index (κ3) is 6.58. The summed E-state index contributed by atoms with van der Waals surface area (Å²) in [4.78, 5) is 18.0. The van der Waals surface area contributed by atoms with Gasteiger partial charge in [-0.25, -0.2) is 9.97 Å². The molecule has 38 heavy (non-hydrogen) atoms. The van der Waals surface area contributed by atoms with Crippen molar-refractivity contribution in [3.8, 4) is 0 Å². The zero-order valence-electron chi connectivity index (χ0n) is 24.6. The minimum atomic E-state index is -0.00385. The lowest BCUT2D eigenvalue weighted by molar-refractivity contribution is -0.0557. The first kappa shape index (κ1) is 28.6. The smallest absolute Gasteiger partial charge is 0.150 e. The molecule has 8 heteroatoms. The highest BCUT2D eigenvalue weighted by Gasteiger charge is 2.29. The summed E-state index contributed by atoms with van der Waals surface area (Å²) in [6, 6.07) is 6.49. The van der Waals surface area contributed by atoms with E-state index in [1.165, 1.54) is 5.69 Å². The number of nitrogens with one attached hydrogen (secondary N) is 1. The van der Waals surface area contributed by atoms with Gasteiger partial charge in [0.25, 0.3) is 0 Å². The summed E-state index contributed by atoms with van der Waals surface area (Å²) in [6.07, 6.45) is 3.33. The third-order valence-corrected chi connectivity index (χ3v) is 8.06. The Balaban J connectivity index is 1.37. The Labute approximate surface area is 228 Å². The highest BCUT2D eigenvalue weighted by atomic mass is 16.5. The zero-order valence-corrected chi connectivity index (χ0v) is 24.6. The number of H-pyrrole nitrogens is 1. The Morgan fingerprint density at radius 3 is 2.50 bits per heavy atom. The second-order valence-corrected chi connectivity index (χ2v) is 12.5. The van der Waals surface area contributed by atoms with E-state index in [9.17, 15) is 0 Å². The van der Waals surface area contributed by atoms with Crippen molar-refractivity contribution in [2.24, 2.45) is 10.8 Å². The summed E-state index contributed by atoms with van der Waals surface area (Å²) in [6.45, 7) is 19.8. The van der Waals surface area contributed by atoms with E-state index in [0.717, 1.165) is 86.4 Å². The van der Waals surface area contributed by atoms with Gasteiger partial charge >= 0.3 is 0 Å². The molecular weight excluding hydrogens is 476 g/mol. The number of nitrogen functional groups attached to an aromatic ring is 1. The molecule has 1 saturated heterocycles. The number of piperazine rings is 1. The van der Waals surface area contributed by atoms with Crippen molar-refractivity contribution in [3.05, 3.63) is 24.0 Å². The summed E-state index contributed by atoms with van der Waals surface area (Å²) in [5, 5.41) is 1.07. The van der Waals surface area contributed by atoms with Crippen LogP contribution < -0.4 is 10.6 Å². The Morgan fingerprint density at radius 1 is 1.08 bits per heavy atom. The lowest BCUT2D eigenvalue weighted by Crippen LogP contribution is -2.50. The Morgan fingerprint density at radius 2 is 1.82 bits per heavy atom. The average Bonchev–Trinajstić information content (AvgIpc) is 3.32. The number of hydrogen-bond acceptors (Lipinski definition) is 7. The number of nitrogens with zero attached hydrogens (tertiary/aromatic N) is 4. The van der Waals surface area contributed by atoms with Crippen molar-refractivity contribution < 1.29 is 9.47 Å². The first-order valence-corrected chi connectivity index (χ1v) is 14.2. The van der Waals surface area contributed by atoms with Crippen LogP contribution in [0.2, 0.25) is 0 Å². The minimum Gasteiger partial charge on any atom is -0.382 e. The highest BCUT2D eigenvalue weighted by Crippen LogP contribution is 2.31. The maximum atomic E-state index is 6.27. The lowest BCUT2D eigenvalue weighted by atomic mass is 9.88. The number of nitrogens with two attached hydrogens (primary N) is 1. The monoisotopic (exact) mass is 524 g/mol. The molecule has 210 valence electrons. The maximum absolute atomic E-state index is 6.27. The van der Waals surface area contributed by atoms with Crippen molar-refractivity contribution in [2.45, 2.75) is 66.9 Å². The number of methoxy groups -OCH3 is 1. The molecule has 0 amide bonds. The Hall–Kier alpha value is -2.42. The Bertz CT molecular complexity index is 1210. The fourth-order valence-corrected chi connectivity index (χ4v) is 5.30. The first-order chi connectivity index (χ1) is 18.0. The topological polar surface area (TPSA) is 92.5 Å². The molecule has 1 atom stereocenters. The molecule has 1 unspecified atom stereocenters. The van der Waals surface area contributed by atoms with Gasteiger partial charge in [-0.05, 0) is 31.5 Å². The van der Waals surface area contributed by atoms with Crippen LogP contribution in [0, 0.1) is 10.8 Å². The number of ether oxygens (including phenoxy) is 2. The quantitative estimate of drug-likeness (QED) is 0.334. The number of aromatic nitrogens is 3. The predicted octanol–water partition coefficient (Wildman–Crippen LogP) is 5.26. The van der Waals surface area contributed by atoms with Gasteiger partial charge in [-0.15, -0.1) is 0 Å². The van der Waals surface area contributed by atoms with Gasteiger partial charge in [0.1, 0.15) is 22.7 Å². The van der Waals surface area contributed by atoms with Crippen molar-refractivity contribution in [2.75, 3.05) is 63.7 Å². The summed E-state index contributed by atoms with van der Waals surface area (Å²) < 4.78 is 11.7. The zero-order chi connectivity index (χ0) is 27.5. The molecule has 8 nitrogen and oxygen atoms in total. The van der Waals surface area contributed by atoms with Gasteiger partial charge < -0.3 is 25.1 Å². The largest absolute Gasteiger partial charge is 0.382 e. The maximum Gasteiger partial charge on any atom is 0.150 e. The molecule has 0 radical (unpaired) electrons. The van der Waals surface area contributed by atoms with E-state index >= 15 is 0 Å². The van der Waals surface area contributed by atoms with Crippen molar-refractivity contribution >= 4 is 33.4 Å². The number of anilines is 2. The van der Waals surface area contributed by atoms with Crippen LogP contribution in [-0.2, 0) is 15.9 Å². The standard InChI is InChI=1S/C30H48N6O2/c1-8-9-10-25-33-26-23-17-22(11-12-24(23)32-28(31)27(26)34-25)36-15-13-35(14-16-36)18-29(3,4)19-38-20-30(5,6)21(2)37-7/h11-12,17,21H,8-10,13-16,18-20H2,1-7H3,(H2,31,32)(H,33,34). The van der Waals surface area contributed by atoms with Crippen molar-refractivity contribution in [1.82, 2.24) is 19.9 Å². The van der Waals surface area contributed by atoms with Gasteiger partial charge in [-0.2, -0.15) is 0 Å². The second-order valence-electron chi connectivity index (χ2n) is 12.5.